The molecule has 0 amide bonds. The van der Waals surface area contributed by atoms with Crippen LogP contribution in [0.25, 0.3) is 0 Å². The van der Waals surface area contributed by atoms with Crippen LogP contribution >= 0.6 is 0 Å². The lowest BCUT2D eigenvalue weighted by atomic mass is 9.75. The average molecular weight is 454 g/mol. The van der Waals surface area contributed by atoms with Crippen LogP contribution in [0.1, 0.15) is 83.1 Å². The molecular weight excluding hydrogens is 418 g/mol. The van der Waals surface area contributed by atoms with Crippen LogP contribution in [-0.4, -0.2) is 31.6 Å². The van der Waals surface area contributed by atoms with Crippen molar-refractivity contribution in [2.75, 3.05) is 13.7 Å². The number of dihydropyridines is 1. The maximum Gasteiger partial charge on any atom is 0.337 e. The van der Waals surface area contributed by atoms with Gasteiger partial charge in [0, 0.05) is 29.3 Å². The summed E-state index contributed by atoms with van der Waals surface area (Å²) in [5, 5.41) is 3.37. The Hall–Kier alpha value is -2.76. The summed E-state index contributed by atoms with van der Waals surface area (Å²) in [6, 6.07) is 5.71. The fourth-order valence-electron chi connectivity index (χ4n) is 5.18. The van der Waals surface area contributed by atoms with Crippen LogP contribution in [0, 0.1) is 0 Å². The second kappa shape index (κ2) is 10.4. The number of carbonyl (C=O) groups excluding carboxylic acids is 2. The molecule has 1 fully saturated rings. The first-order valence-electron chi connectivity index (χ1n) is 12.3. The molecule has 0 unspecified atom stereocenters. The van der Waals surface area contributed by atoms with E-state index in [1.807, 2.05) is 25.1 Å². The van der Waals surface area contributed by atoms with Gasteiger partial charge in [-0.3, -0.25) is 4.79 Å². The second-order valence-corrected chi connectivity index (χ2v) is 9.19. The number of hydrogen-bond acceptors (Lipinski definition) is 6. The highest BCUT2D eigenvalue weighted by Crippen LogP contribution is 2.44. The molecule has 1 heterocycles. The van der Waals surface area contributed by atoms with Crippen LogP contribution in [-0.2, 0) is 14.3 Å². The monoisotopic (exact) mass is 453 g/mol. The van der Waals surface area contributed by atoms with Gasteiger partial charge >= 0.3 is 5.97 Å². The van der Waals surface area contributed by atoms with Gasteiger partial charge in [0.2, 0.25) is 0 Å². The number of rotatable bonds is 7. The molecule has 1 N–H and O–H groups in total. The maximum absolute atomic E-state index is 13.5. The fourth-order valence-corrected chi connectivity index (χ4v) is 5.18. The number of nitrogens with one attached hydrogen (secondary N) is 1. The molecule has 33 heavy (non-hydrogen) atoms. The number of ketones is 1. The normalized spacial score (nSPS) is 21.4. The zero-order valence-corrected chi connectivity index (χ0v) is 20.0. The highest BCUT2D eigenvalue weighted by molar-refractivity contribution is 6.03. The predicted octanol–water partition coefficient (Wildman–Crippen LogP) is 5.33. The third-order valence-electron chi connectivity index (χ3n) is 6.80. The van der Waals surface area contributed by atoms with E-state index in [9.17, 15) is 9.59 Å². The first-order valence-corrected chi connectivity index (χ1v) is 12.3. The highest BCUT2D eigenvalue weighted by atomic mass is 16.5. The number of methoxy groups -OCH3 is 1. The number of Topliss-reactive ketones (excluding diaryl/α,β-unsaturated/α-hetero) is 1. The van der Waals surface area contributed by atoms with Gasteiger partial charge in [0.1, 0.15) is 6.10 Å². The minimum atomic E-state index is -0.473. The summed E-state index contributed by atoms with van der Waals surface area (Å²) in [4.78, 5) is 26.6. The topological polar surface area (TPSA) is 73.9 Å². The van der Waals surface area contributed by atoms with Crippen LogP contribution in [0.2, 0.25) is 0 Å². The van der Waals surface area contributed by atoms with E-state index in [0.29, 0.717) is 35.7 Å². The van der Waals surface area contributed by atoms with Crippen molar-refractivity contribution < 1.29 is 23.8 Å². The van der Waals surface area contributed by atoms with Crippen LogP contribution < -0.4 is 14.8 Å². The zero-order chi connectivity index (χ0) is 23.4. The molecule has 0 aromatic heterocycles. The Morgan fingerprint density at radius 1 is 1.09 bits per heavy atom. The Balaban J connectivity index is 1.74. The van der Waals surface area contributed by atoms with E-state index in [1.165, 1.54) is 6.42 Å². The van der Waals surface area contributed by atoms with Gasteiger partial charge in [0.05, 0.1) is 19.3 Å². The first-order chi connectivity index (χ1) is 16.0. The van der Waals surface area contributed by atoms with Gasteiger partial charge in [-0.05, 0) is 69.6 Å². The Kier molecular flexibility index (Phi) is 7.41. The van der Waals surface area contributed by atoms with E-state index >= 15 is 0 Å². The highest BCUT2D eigenvalue weighted by Gasteiger charge is 2.40. The summed E-state index contributed by atoms with van der Waals surface area (Å²) in [5.41, 5.74) is 3.74. The van der Waals surface area contributed by atoms with Crippen molar-refractivity contribution in [3.63, 3.8) is 0 Å². The lowest BCUT2D eigenvalue weighted by molar-refractivity contribution is -0.146. The number of allylic oxidation sites excluding steroid dienone is 3. The van der Waals surface area contributed by atoms with Crippen molar-refractivity contribution in [2.24, 2.45) is 0 Å². The van der Waals surface area contributed by atoms with E-state index in [2.05, 4.69) is 12.2 Å². The lowest BCUT2D eigenvalue weighted by Crippen LogP contribution is -2.35. The Labute approximate surface area is 196 Å². The van der Waals surface area contributed by atoms with Gasteiger partial charge in [-0.25, -0.2) is 4.79 Å². The number of benzene rings is 1. The zero-order valence-electron chi connectivity index (χ0n) is 20.0. The van der Waals surface area contributed by atoms with Gasteiger partial charge in [-0.2, -0.15) is 0 Å². The largest absolute Gasteiger partial charge is 0.493 e. The van der Waals surface area contributed by atoms with Crippen molar-refractivity contribution in [3.8, 4) is 11.5 Å². The molecule has 0 spiro atoms. The molecule has 2 aliphatic carbocycles. The molecule has 6 heteroatoms. The molecular formula is C27H35NO5. The molecule has 1 saturated carbocycles. The number of carbonyl (C=O) groups is 2. The van der Waals surface area contributed by atoms with Crippen molar-refractivity contribution >= 4 is 11.8 Å². The molecule has 6 nitrogen and oxygen atoms in total. The Morgan fingerprint density at radius 2 is 1.88 bits per heavy atom. The summed E-state index contributed by atoms with van der Waals surface area (Å²) in [6.45, 7) is 4.55. The number of hydrogen-bond donors (Lipinski definition) is 1. The van der Waals surface area contributed by atoms with Crippen molar-refractivity contribution in [1.82, 2.24) is 5.32 Å². The first kappa shape index (κ1) is 23.4. The summed E-state index contributed by atoms with van der Waals surface area (Å²) >= 11 is 0. The van der Waals surface area contributed by atoms with E-state index < -0.39 is 5.92 Å². The maximum atomic E-state index is 13.5. The van der Waals surface area contributed by atoms with Gasteiger partial charge in [0.15, 0.2) is 17.3 Å². The summed E-state index contributed by atoms with van der Waals surface area (Å²) in [7, 11) is 1.61. The van der Waals surface area contributed by atoms with E-state index in [4.69, 9.17) is 14.2 Å². The molecule has 1 aromatic rings. The summed E-state index contributed by atoms with van der Waals surface area (Å²) in [5.74, 6) is 0.552. The van der Waals surface area contributed by atoms with E-state index in [1.54, 1.807) is 7.11 Å². The van der Waals surface area contributed by atoms with Crippen LogP contribution in [0.4, 0.5) is 0 Å². The molecule has 0 bridgehead atoms. The minimum Gasteiger partial charge on any atom is -0.493 e. The summed E-state index contributed by atoms with van der Waals surface area (Å²) in [6.07, 6.45) is 8.12. The van der Waals surface area contributed by atoms with E-state index in [0.717, 1.165) is 61.9 Å². The molecule has 1 aliphatic heterocycles. The van der Waals surface area contributed by atoms with Gasteiger partial charge in [-0.15, -0.1) is 0 Å². The van der Waals surface area contributed by atoms with Gasteiger partial charge < -0.3 is 19.5 Å². The Bertz CT molecular complexity index is 971. The quantitative estimate of drug-likeness (QED) is 0.563. The van der Waals surface area contributed by atoms with E-state index in [-0.39, 0.29) is 17.9 Å². The molecule has 0 radical (unpaired) electrons. The molecule has 1 atom stereocenters. The SMILES string of the molecule is CCCOc1ccc([C@H]2C(C(=O)OC3CCCCC3)=C(C)NC3=C2C(=O)CCC3)cc1OC. The lowest BCUT2D eigenvalue weighted by Gasteiger charge is -2.35. The number of ether oxygens (including phenoxy) is 3. The molecule has 4 rings (SSSR count). The minimum absolute atomic E-state index is 0.0519. The van der Waals surface area contributed by atoms with Crippen LogP contribution in [0.5, 0.6) is 11.5 Å². The summed E-state index contributed by atoms with van der Waals surface area (Å²) < 4.78 is 17.4. The molecule has 1 aromatic carbocycles. The van der Waals surface area contributed by atoms with Crippen molar-refractivity contribution in [2.45, 2.75) is 83.7 Å². The Morgan fingerprint density at radius 3 is 2.61 bits per heavy atom. The van der Waals surface area contributed by atoms with Crippen LogP contribution in [0.15, 0.2) is 40.7 Å². The smallest absolute Gasteiger partial charge is 0.337 e. The van der Waals surface area contributed by atoms with Crippen LogP contribution in [0.3, 0.4) is 0 Å². The fraction of sp³-hybridized carbons (Fsp3) is 0.556. The third-order valence-corrected chi connectivity index (χ3v) is 6.80. The molecule has 3 aliphatic rings. The molecule has 0 saturated heterocycles. The van der Waals surface area contributed by atoms with Gasteiger partial charge in [-0.1, -0.05) is 19.4 Å². The third kappa shape index (κ3) is 4.94. The number of esters is 1. The van der Waals surface area contributed by atoms with Gasteiger partial charge in [0.25, 0.3) is 0 Å². The standard InChI is InChI=1S/C27H35NO5/c1-4-15-32-22-14-13-18(16-23(22)31-3)25-24(27(30)33-19-9-6-5-7-10-19)17(2)28-20-11-8-12-21(29)26(20)25/h13-14,16,19,25,28H,4-12,15H2,1-3H3/t25-/m0/s1. The van der Waals surface area contributed by atoms with Crippen molar-refractivity contribution in [1.29, 1.82) is 0 Å². The van der Waals surface area contributed by atoms with Crippen molar-refractivity contribution in [3.05, 3.63) is 46.3 Å². The average Bonchev–Trinajstić information content (AvgIpc) is 2.82. The predicted molar refractivity (Wildman–Crippen MR) is 126 cm³/mol. The molecule has 178 valence electrons. The second-order valence-electron chi connectivity index (χ2n) is 9.19.